The number of carbonyl (C=O) groups is 1. The van der Waals surface area contributed by atoms with Gasteiger partial charge in [-0.1, -0.05) is 0 Å². The average Bonchev–Trinajstić information content (AvgIpc) is 2.82. The first-order valence-corrected chi connectivity index (χ1v) is 5.39. The molecule has 1 N–H and O–H groups in total. The lowest BCUT2D eigenvalue weighted by Crippen LogP contribution is -2.48. The van der Waals surface area contributed by atoms with Crippen LogP contribution in [0.25, 0.3) is 0 Å². The van der Waals surface area contributed by atoms with Gasteiger partial charge in [0.25, 0.3) is 5.91 Å². The standard InChI is InChI=1S/C11H16N2O3/c1-12-6-10-7-13(3-5-16-10)11(14)9-2-4-15-8-9/h2,4,8,10,12H,3,5-7H2,1H3. The summed E-state index contributed by atoms with van der Waals surface area (Å²) in [5.41, 5.74) is 0.602. The molecule has 0 bridgehead atoms. The minimum atomic E-state index is 0.0122. The van der Waals surface area contributed by atoms with Crippen molar-refractivity contribution in [2.24, 2.45) is 0 Å². The van der Waals surface area contributed by atoms with Gasteiger partial charge in [-0.25, -0.2) is 0 Å². The summed E-state index contributed by atoms with van der Waals surface area (Å²) in [6.07, 6.45) is 3.07. The molecule has 88 valence electrons. The molecule has 16 heavy (non-hydrogen) atoms. The molecule has 2 heterocycles. The summed E-state index contributed by atoms with van der Waals surface area (Å²) in [6.45, 7) is 2.63. The van der Waals surface area contributed by atoms with Gasteiger partial charge in [-0.05, 0) is 13.1 Å². The number of morpholine rings is 1. The van der Waals surface area contributed by atoms with Gasteiger partial charge in [0.2, 0.25) is 0 Å². The summed E-state index contributed by atoms with van der Waals surface area (Å²) in [5, 5.41) is 3.05. The lowest BCUT2D eigenvalue weighted by Gasteiger charge is -2.32. The number of hydrogen-bond donors (Lipinski definition) is 1. The van der Waals surface area contributed by atoms with Crippen LogP contribution in [-0.2, 0) is 4.74 Å². The molecule has 0 saturated carbocycles. The van der Waals surface area contributed by atoms with Crippen LogP contribution in [0, 0.1) is 0 Å². The number of likely N-dealkylation sites (N-methyl/N-ethyl adjacent to an activating group) is 1. The number of carbonyl (C=O) groups excluding carboxylic acids is 1. The molecule has 1 atom stereocenters. The molecule has 1 aromatic heterocycles. The second-order valence-corrected chi connectivity index (χ2v) is 3.81. The second kappa shape index (κ2) is 5.14. The molecule has 1 amide bonds. The average molecular weight is 224 g/mol. The summed E-state index contributed by atoms with van der Waals surface area (Å²) < 4.78 is 10.4. The molecule has 0 radical (unpaired) electrons. The van der Waals surface area contributed by atoms with Gasteiger partial charge in [-0.15, -0.1) is 0 Å². The third kappa shape index (κ3) is 2.43. The Balaban J connectivity index is 1.96. The molecule has 1 saturated heterocycles. The van der Waals surface area contributed by atoms with Gasteiger partial charge in [0.05, 0.1) is 24.5 Å². The van der Waals surface area contributed by atoms with E-state index in [4.69, 9.17) is 9.15 Å². The highest BCUT2D eigenvalue weighted by atomic mass is 16.5. The Labute approximate surface area is 94.4 Å². The van der Waals surface area contributed by atoms with Crippen molar-refractivity contribution in [3.8, 4) is 0 Å². The highest BCUT2D eigenvalue weighted by Crippen LogP contribution is 2.10. The fourth-order valence-electron chi connectivity index (χ4n) is 1.82. The van der Waals surface area contributed by atoms with E-state index >= 15 is 0 Å². The van der Waals surface area contributed by atoms with Crippen molar-refractivity contribution in [1.29, 1.82) is 0 Å². The fourth-order valence-corrected chi connectivity index (χ4v) is 1.82. The first-order chi connectivity index (χ1) is 7.81. The van der Waals surface area contributed by atoms with Gasteiger partial charge in [0.15, 0.2) is 0 Å². The Bertz CT molecular complexity index is 335. The van der Waals surface area contributed by atoms with E-state index in [0.29, 0.717) is 25.3 Å². The highest BCUT2D eigenvalue weighted by molar-refractivity contribution is 5.93. The molecular weight excluding hydrogens is 208 g/mol. The summed E-state index contributed by atoms with van der Waals surface area (Å²) in [4.78, 5) is 13.8. The van der Waals surface area contributed by atoms with Crippen molar-refractivity contribution in [2.45, 2.75) is 6.10 Å². The normalized spacial score (nSPS) is 21.1. The van der Waals surface area contributed by atoms with Crippen LogP contribution in [0.1, 0.15) is 10.4 Å². The SMILES string of the molecule is CNCC1CN(C(=O)c2ccoc2)CCO1. The lowest BCUT2D eigenvalue weighted by molar-refractivity contribution is -0.0196. The Hall–Kier alpha value is -1.33. The first-order valence-electron chi connectivity index (χ1n) is 5.39. The highest BCUT2D eigenvalue weighted by Gasteiger charge is 2.24. The van der Waals surface area contributed by atoms with Crippen LogP contribution in [0.15, 0.2) is 23.0 Å². The van der Waals surface area contributed by atoms with Gasteiger partial charge >= 0.3 is 0 Å². The van der Waals surface area contributed by atoms with Crippen molar-refractivity contribution in [2.75, 3.05) is 33.3 Å². The largest absolute Gasteiger partial charge is 0.472 e. The van der Waals surface area contributed by atoms with E-state index < -0.39 is 0 Å². The lowest BCUT2D eigenvalue weighted by atomic mass is 10.2. The molecule has 1 aliphatic rings. The Kier molecular flexibility index (Phi) is 3.58. The van der Waals surface area contributed by atoms with Crippen molar-refractivity contribution in [1.82, 2.24) is 10.2 Å². The Morgan fingerprint density at radius 3 is 3.25 bits per heavy atom. The minimum Gasteiger partial charge on any atom is -0.472 e. The van der Waals surface area contributed by atoms with Crippen molar-refractivity contribution < 1.29 is 13.9 Å². The summed E-state index contributed by atoms with van der Waals surface area (Å²) in [6, 6.07) is 1.69. The van der Waals surface area contributed by atoms with Crippen LogP contribution in [0.4, 0.5) is 0 Å². The summed E-state index contributed by atoms with van der Waals surface area (Å²) >= 11 is 0. The monoisotopic (exact) mass is 224 g/mol. The molecule has 5 heteroatoms. The van der Waals surface area contributed by atoms with Crippen LogP contribution in [-0.4, -0.2) is 50.2 Å². The van der Waals surface area contributed by atoms with Crippen LogP contribution in [0.3, 0.4) is 0 Å². The van der Waals surface area contributed by atoms with Gasteiger partial charge in [0.1, 0.15) is 6.26 Å². The van der Waals surface area contributed by atoms with Gasteiger partial charge in [-0.2, -0.15) is 0 Å². The van der Waals surface area contributed by atoms with E-state index in [1.54, 1.807) is 11.0 Å². The number of ether oxygens (including phenoxy) is 1. The topological polar surface area (TPSA) is 54.7 Å². The van der Waals surface area contributed by atoms with E-state index in [-0.39, 0.29) is 12.0 Å². The molecule has 1 unspecified atom stereocenters. The molecule has 2 rings (SSSR count). The molecule has 0 aliphatic carbocycles. The number of hydrogen-bond acceptors (Lipinski definition) is 4. The zero-order valence-corrected chi connectivity index (χ0v) is 9.31. The number of amides is 1. The quantitative estimate of drug-likeness (QED) is 0.804. The van der Waals surface area contributed by atoms with Gasteiger partial charge in [-0.3, -0.25) is 4.79 Å². The maximum atomic E-state index is 12.0. The molecule has 1 aromatic rings. The Morgan fingerprint density at radius 2 is 2.56 bits per heavy atom. The van der Waals surface area contributed by atoms with Crippen molar-refractivity contribution in [3.05, 3.63) is 24.2 Å². The van der Waals surface area contributed by atoms with Gasteiger partial charge in [0, 0.05) is 19.6 Å². The molecule has 1 aliphatic heterocycles. The number of furan rings is 1. The molecular formula is C11H16N2O3. The second-order valence-electron chi connectivity index (χ2n) is 3.81. The zero-order valence-electron chi connectivity index (χ0n) is 9.31. The molecule has 5 nitrogen and oxygen atoms in total. The summed E-state index contributed by atoms with van der Waals surface area (Å²) in [7, 11) is 1.88. The van der Waals surface area contributed by atoms with E-state index in [9.17, 15) is 4.79 Å². The van der Waals surface area contributed by atoms with E-state index in [2.05, 4.69) is 5.32 Å². The van der Waals surface area contributed by atoms with Crippen molar-refractivity contribution in [3.63, 3.8) is 0 Å². The minimum absolute atomic E-state index is 0.0122. The molecule has 0 aromatic carbocycles. The van der Waals surface area contributed by atoms with E-state index in [1.807, 2.05) is 7.05 Å². The Morgan fingerprint density at radius 1 is 1.69 bits per heavy atom. The van der Waals surface area contributed by atoms with Gasteiger partial charge < -0.3 is 19.4 Å². The van der Waals surface area contributed by atoms with Crippen molar-refractivity contribution >= 4 is 5.91 Å². The van der Waals surface area contributed by atoms with E-state index in [0.717, 1.165) is 6.54 Å². The van der Waals surface area contributed by atoms with Crippen LogP contribution < -0.4 is 5.32 Å². The smallest absolute Gasteiger partial charge is 0.257 e. The number of nitrogens with zero attached hydrogens (tertiary/aromatic N) is 1. The third-order valence-corrected chi connectivity index (χ3v) is 2.63. The number of rotatable bonds is 3. The summed E-state index contributed by atoms with van der Waals surface area (Å²) in [5.74, 6) is 0.0122. The fraction of sp³-hybridized carbons (Fsp3) is 0.545. The molecule has 1 fully saturated rings. The number of nitrogens with one attached hydrogen (secondary N) is 1. The van der Waals surface area contributed by atoms with Crippen LogP contribution in [0.2, 0.25) is 0 Å². The van der Waals surface area contributed by atoms with Crippen LogP contribution in [0.5, 0.6) is 0 Å². The third-order valence-electron chi connectivity index (χ3n) is 2.63. The van der Waals surface area contributed by atoms with Crippen LogP contribution >= 0.6 is 0 Å². The maximum absolute atomic E-state index is 12.0. The zero-order chi connectivity index (χ0) is 11.4. The predicted molar refractivity (Wildman–Crippen MR) is 58.3 cm³/mol. The molecule has 0 spiro atoms. The predicted octanol–water partition coefficient (Wildman–Crippen LogP) is 0.340. The van der Waals surface area contributed by atoms with E-state index in [1.165, 1.54) is 12.5 Å². The first kappa shape index (κ1) is 11.2. The maximum Gasteiger partial charge on any atom is 0.257 e.